The molecular weight excluding hydrogens is 290 g/mol. The van der Waals surface area contributed by atoms with Crippen LogP contribution in [-0.2, 0) is 11.2 Å². The molecule has 4 heteroatoms. The fourth-order valence-corrected chi connectivity index (χ4v) is 3.46. The first kappa shape index (κ1) is 17.6. The number of hydrogen-bond donors (Lipinski definition) is 1. The summed E-state index contributed by atoms with van der Waals surface area (Å²) in [5, 5.41) is 3.22. The maximum atomic E-state index is 12.3. The van der Waals surface area contributed by atoms with Crippen LogP contribution in [0.25, 0.3) is 0 Å². The number of hydrogen-bond acceptors (Lipinski definition) is 3. The largest absolute Gasteiger partial charge is 0.493 e. The van der Waals surface area contributed by atoms with Gasteiger partial charge in [-0.05, 0) is 36.3 Å². The van der Waals surface area contributed by atoms with Gasteiger partial charge in [0.2, 0.25) is 5.91 Å². The first-order valence-corrected chi connectivity index (χ1v) is 8.56. The van der Waals surface area contributed by atoms with E-state index in [9.17, 15) is 4.79 Å². The summed E-state index contributed by atoms with van der Waals surface area (Å²) in [6, 6.07) is 6.10. The van der Waals surface area contributed by atoms with Crippen LogP contribution in [0.4, 0.5) is 0 Å². The molecule has 1 aromatic carbocycles. The molecule has 1 saturated carbocycles. The quantitative estimate of drug-likeness (QED) is 0.872. The summed E-state index contributed by atoms with van der Waals surface area (Å²) >= 11 is 0. The molecular formula is C19H29NO3. The summed E-state index contributed by atoms with van der Waals surface area (Å²) in [7, 11) is 3.26. The number of nitrogens with one attached hydrogen (secondary N) is 1. The Morgan fingerprint density at radius 2 is 2.00 bits per heavy atom. The summed E-state index contributed by atoms with van der Waals surface area (Å²) in [6.07, 6.45) is 4.71. The average Bonchev–Trinajstić information content (AvgIpc) is 2.56. The Kier molecular flexibility index (Phi) is 6.31. The van der Waals surface area contributed by atoms with Crippen LogP contribution in [0.2, 0.25) is 0 Å². The molecule has 0 radical (unpaired) electrons. The number of para-hydroxylation sites is 1. The normalized spacial score (nSPS) is 24.1. The van der Waals surface area contributed by atoms with E-state index in [1.165, 1.54) is 12.8 Å². The second-order valence-electron chi connectivity index (χ2n) is 6.59. The first-order valence-electron chi connectivity index (χ1n) is 8.56. The summed E-state index contributed by atoms with van der Waals surface area (Å²) in [4.78, 5) is 12.3. The Balaban J connectivity index is 1.92. The first-order chi connectivity index (χ1) is 11.1. The lowest BCUT2D eigenvalue weighted by molar-refractivity contribution is -0.122. The smallest absolute Gasteiger partial charge is 0.220 e. The molecule has 1 aliphatic carbocycles. The number of carbonyl (C=O) groups is 1. The van der Waals surface area contributed by atoms with E-state index in [2.05, 4.69) is 19.2 Å². The third-order valence-corrected chi connectivity index (χ3v) is 5.16. The number of ether oxygens (including phenoxy) is 2. The highest BCUT2D eigenvalue weighted by molar-refractivity contribution is 5.76. The number of methoxy groups -OCH3 is 2. The fraction of sp³-hybridized carbons (Fsp3) is 0.632. The molecule has 2 rings (SSSR count). The molecule has 1 aromatic rings. The van der Waals surface area contributed by atoms with Crippen LogP contribution in [-0.4, -0.2) is 26.2 Å². The second kappa shape index (κ2) is 8.23. The molecule has 0 aromatic heterocycles. The molecule has 1 amide bonds. The highest BCUT2D eigenvalue weighted by atomic mass is 16.5. The highest BCUT2D eigenvalue weighted by Gasteiger charge is 2.28. The third-order valence-electron chi connectivity index (χ3n) is 5.16. The fourth-order valence-electron chi connectivity index (χ4n) is 3.46. The van der Waals surface area contributed by atoms with Gasteiger partial charge in [-0.3, -0.25) is 4.79 Å². The van der Waals surface area contributed by atoms with Crippen molar-refractivity contribution in [2.24, 2.45) is 11.8 Å². The third kappa shape index (κ3) is 4.40. The van der Waals surface area contributed by atoms with Crippen molar-refractivity contribution in [2.75, 3.05) is 14.2 Å². The number of rotatable bonds is 6. The van der Waals surface area contributed by atoms with Gasteiger partial charge in [-0.1, -0.05) is 38.8 Å². The Morgan fingerprint density at radius 1 is 1.22 bits per heavy atom. The molecule has 0 heterocycles. The van der Waals surface area contributed by atoms with Crippen LogP contribution in [0.1, 0.15) is 45.1 Å². The van der Waals surface area contributed by atoms with E-state index in [1.807, 2.05) is 18.2 Å². The lowest BCUT2D eigenvalue weighted by atomic mass is 9.78. The van der Waals surface area contributed by atoms with Crippen molar-refractivity contribution in [1.29, 1.82) is 0 Å². The van der Waals surface area contributed by atoms with Gasteiger partial charge in [0.15, 0.2) is 11.5 Å². The van der Waals surface area contributed by atoms with Gasteiger partial charge in [-0.2, -0.15) is 0 Å². The van der Waals surface area contributed by atoms with Crippen molar-refractivity contribution in [3.05, 3.63) is 23.8 Å². The van der Waals surface area contributed by atoms with Crippen LogP contribution in [0, 0.1) is 11.8 Å². The maximum absolute atomic E-state index is 12.3. The molecule has 128 valence electrons. The zero-order valence-electron chi connectivity index (χ0n) is 14.7. The van der Waals surface area contributed by atoms with Gasteiger partial charge in [-0.25, -0.2) is 0 Å². The molecule has 23 heavy (non-hydrogen) atoms. The number of carbonyl (C=O) groups excluding carboxylic acids is 1. The van der Waals surface area contributed by atoms with Crippen molar-refractivity contribution in [3.63, 3.8) is 0 Å². The van der Waals surface area contributed by atoms with E-state index < -0.39 is 0 Å². The molecule has 0 spiro atoms. The van der Waals surface area contributed by atoms with Gasteiger partial charge in [0, 0.05) is 12.5 Å². The van der Waals surface area contributed by atoms with Gasteiger partial charge in [-0.15, -0.1) is 0 Å². The summed E-state index contributed by atoms with van der Waals surface area (Å²) < 4.78 is 10.7. The number of amides is 1. The van der Waals surface area contributed by atoms with E-state index in [1.54, 1.807) is 14.2 Å². The van der Waals surface area contributed by atoms with Crippen LogP contribution < -0.4 is 14.8 Å². The van der Waals surface area contributed by atoms with Crippen molar-refractivity contribution < 1.29 is 14.3 Å². The molecule has 1 aliphatic rings. The van der Waals surface area contributed by atoms with Crippen LogP contribution in [0.5, 0.6) is 11.5 Å². The predicted molar refractivity (Wildman–Crippen MR) is 92.0 cm³/mol. The Hall–Kier alpha value is -1.71. The molecule has 0 aliphatic heterocycles. The molecule has 1 N–H and O–H groups in total. The Labute approximate surface area is 139 Å². The van der Waals surface area contributed by atoms with E-state index in [-0.39, 0.29) is 5.91 Å². The van der Waals surface area contributed by atoms with Crippen molar-refractivity contribution in [3.8, 4) is 11.5 Å². The summed E-state index contributed by atoms with van der Waals surface area (Å²) in [6.45, 7) is 4.53. The zero-order chi connectivity index (χ0) is 16.8. The average molecular weight is 319 g/mol. The minimum absolute atomic E-state index is 0.126. The second-order valence-corrected chi connectivity index (χ2v) is 6.59. The molecule has 0 bridgehead atoms. The van der Waals surface area contributed by atoms with Crippen LogP contribution in [0.15, 0.2) is 18.2 Å². The summed E-state index contributed by atoms with van der Waals surface area (Å²) in [5.41, 5.74) is 1.01. The lowest BCUT2D eigenvalue weighted by Gasteiger charge is -2.34. The van der Waals surface area contributed by atoms with E-state index >= 15 is 0 Å². The minimum atomic E-state index is 0.126. The molecule has 3 atom stereocenters. The van der Waals surface area contributed by atoms with Gasteiger partial charge in [0.25, 0.3) is 0 Å². The van der Waals surface area contributed by atoms with E-state index in [4.69, 9.17) is 9.47 Å². The van der Waals surface area contributed by atoms with Crippen LogP contribution >= 0.6 is 0 Å². The van der Waals surface area contributed by atoms with Gasteiger partial charge in [0.05, 0.1) is 14.2 Å². The Bertz CT molecular complexity index is 529. The Morgan fingerprint density at radius 3 is 2.70 bits per heavy atom. The van der Waals surface area contributed by atoms with Gasteiger partial charge >= 0.3 is 0 Å². The van der Waals surface area contributed by atoms with Crippen molar-refractivity contribution in [2.45, 2.75) is 52.0 Å². The monoisotopic (exact) mass is 319 g/mol. The van der Waals surface area contributed by atoms with Crippen LogP contribution in [0.3, 0.4) is 0 Å². The highest BCUT2D eigenvalue weighted by Crippen LogP contribution is 2.32. The minimum Gasteiger partial charge on any atom is -0.493 e. The van der Waals surface area contributed by atoms with Gasteiger partial charge < -0.3 is 14.8 Å². The lowest BCUT2D eigenvalue weighted by Crippen LogP contribution is -2.43. The SMILES string of the molecule is COc1cccc(CCC(=O)N[C@@H]2CCC[C@H](C)[C@H]2C)c1OC. The van der Waals surface area contributed by atoms with Crippen molar-refractivity contribution >= 4 is 5.91 Å². The van der Waals surface area contributed by atoms with Gasteiger partial charge in [0.1, 0.15) is 0 Å². The number of benzene rings is 1. The standard InChI is InChI=1S/C19H29NO3/c1-13-7-5-9-16(14(13)2)20-18(21)12-11-15-8-6-10-17(22-3)19(15)23-4/h6,8,10,13-14,16H,5,7,9,11-12H2,1-4H3,(H,20,21)/t13-,14+,16+/m0/s1. The summed E-state index contributed by atoms with van der Waals surface area (Å²) in [5.74, 6) is 2.80. The topological polar surface area (TPSA) is 47.6 Å². The van der Waals surface area contributed by atoms with E-state index in [0.717, 1.165) is 17.7 Å². The van der Waals surface area contributed by atoms with E-state index in [0.29, 0.717) is 36.5 Å². The molecule has 1 fully saturated rings. The molecule has 0 unspecified atom stereocenters. The van der Waals surface area contributed by atoms with Crippen molar-refractivity contribution in [1.82, 2.24) is 5.32 Å². The zero-order valence-corrected chi connectivity index (χ0v) is 14.7. The molecule has 0 saturated heterocycles. The molecule has 4 nitrogen and oxygen atoms in total. The maximum Gasteiger partial charge on any atom is 0.220 e. The predicted octanol–water partition coefficient (Wildman–Crippen LogP) is 3.58. The number of aryl methyl sites for hydroxylation is 1.